The molecule has 0 aliphatic rings. The SMILES string of the molecule is CCN(CC(C)(C)O)C(=O)C(C)Oc1ccccc1Br. The van der Waals surface area contributed by atoms with Crippen molar-refractivity contribution in [2.24, 2.45) is 0 Å². The minimum Gasteiger partial charge on any atom is -0.480 e. The van der Waals surface area contributed by atoms with Gasteiger partial charge < -0.3 is 14.7 Å². The van der Waals surface area contributed by atoms with Crippen LogP contribution in [0, 0.1) is 0 Å². The summed E-state index contributed by atoms with van der Waals surface area (Å²) >= 11 is 3.39. The summed E-state index contributed by atoms with van der Waals surface area (Å²) in [5.41, 5.74) is -0.918. The second-order valence-corrected chi connectivity index (χ2v) is 6.21. The maximum Gasteiger partial charge on any atom is 0.263 e. The number of aliphatic hydroxyl groups is 1. The summed E-state index contributed by atoms with van der Waals surface area (Å²) in [5.74, 6) is 0.498. The highest BCUT2D eigenvalue weighted by Gasteiger charge is 2.26. The lowest BCUT2D eigenvalue weighted by atomic mass is 10.1. The van der Waals surface area contributed by atoms with Gasteiger partial charge in [0.1, 0.15) is 5.75 Å². The van der Waals surface area contributed by atoms with Gasteiger partial charge in [0.05, 0.1) is 10.1 Å². The summed E-state index contributed by atoms with van der Waals surface area (Å²) in [4.78, 5) is 13.9. The Balaban J connectivity index is 2.73. The fourth-order valence-corrected chi connectivity index (χ4v) is 2.23. The van der Waals surface area contributed by atoms with Gasteiger partial charge in [0.25, 0.3) is 5.91 Å². The highest BCUT2D eigenvalue weighted by molar-refractivity contribution is 9.10. The molecule has 20 heavy (non-hydrogen) atoms. The molecule has 1 rings (SSSR count). The van der Waals surface area contributed by atoms with E-state index in [4.69, 9.17) is 4.74 Å². The second kappa shape index (κ2) is 7.09. The van der Waals surface area contributed by atoms with Gasteiger partial charge in [0.15, 0.2) is 6.10 Å². The number of amides is 1. The fourth-order valence-electron chi connectivity index (χ4n) is 1.85. The number of ether oxygens (including phenoxy) is 1. The van der Waals surface area contributed by atoms with E-state index < -0.39 is 11.7 Å². The smallest absolute Gasteiger partial charge is 0.263 e. The zero-order chi connectivity index (χ0) is 15.3. The molecule has 5 heteroatoms. The third-order valence-electron chi connectivity index (χ3n) is 2.76. The summed E-state index contributed by atoms with van der Waals surface area (Å²) in [6.45, 7) is 7.78. The average molecular weight is 344 g/mol. The van der Waals surface area contributed by atoms with Crippen molar-refractivity contribution < 1.29 is 14.6 Å². The van der Waals surface area contributed by atoms with E-state index in [2.05, 4.69) is 15.9 Å². The maximum atomic E-state index is 12.3. The number of nitrogens with zero attached hydrogens (tertiary/aromatic N) is 1. The Hall–Kier alpha value is -1.07. The number of hydrogen-bond acceptors (Lipinski definition) is 3. The topological polar surface area (TPSA) is 49.8 Å². The molecular weight excluding hydrogens is 322 g/mol. The summed E-state index contributed by atoms with van der Waals surface area (Å²) in [6, 6.07) is 7.41. The molecular formula is C15H22BrNO3. The van der Waals surface area contributed by atoms with Crippen molar-refractivity contribution in [1.29, 1.82) is 0 Å². The number of carbonyl (C=O) groups excluding carboxylic acids is 1. The Morgan fingerprint density at radius 3 is 2.55 bits per heavy atom. The lowest BCUT2D eigenvalue weighted by Gasteiger charge is -2.30. The average Bonchev–Trinajstić information content (AvgIpc) is 2.36. The third kappa shape index (κ3) is 5.13. The van der Waals surface area contributed by atoms with E-state index in [0.717, 1.165) is 4.47 Å². The van der Waals surface area contributed by atoms with E-state index in [1.54, 1.807) is 31.7 Å². The van der Waals surface area contributed by atoms with Crippen LogP contribution in [0.5, 0.6) is 5.75 Å². The number of para-hydroxylation sites is 1. The van der Waals surface area contributed by atoms with Crippen LogP contribution in [-0.4, -0.2) is 40.7 Å². The Bertz CT molecular complexity index is 457. The van der Waals surface area contributed by atoms with Crippen LogP contribution in [0.1, 0.15) is 27.7 Å². The molecule has 0 fully saturated rings. The van der Waals surface area contributed by atoms with Crippen molar-refractivity contribution in [3.05, 3.63) is 28.7 Å². The second-order valence-electron chi connectivity index (χ2n) is 5.36. The molecule has 0 bridgehead atoms. The Morgan fingerprint density at radius 1 is 1.45 bits per heavy atom. The summed E-state index contributed by atoms with van der Waals surface area (Å²) in [7, 11) is 0. The lowest BCUT2D eigenvalue weighted by Crippen LogP contribution is -2.47. The van der Waals surface area contributed by atoms with Crippen LogP contribution in [0.4, 0.5) is 0 Å². The van der Waals surface area contributed by atoms with Crippen molar-refractivity contribution in [3.63, 3.8) is 0 Å². The number of hydrogen-bond donors (Lipinski definition) is 1. The Labute approximate surface area is 128 Å². The van der Waals surface area contributed by atoms with Crippen molar-refractivity contribution in [1.82, 2.24) is 4.90 Å². The summed E-state index contributed by atoms with van der Waals surface area (Å²) in [5, 5.41) is 9.84. The quantitative estimate of drug-likeness (QED) is 0.863. The first-order valence-electron chi connectivity index (χ1n) is 6.67. The molecule has 1 amide bonds. The van der Waals surface area contributed by atoms with Crippen LogP contribution in [0.25, 0.3) is 0 Å². The van der Waals surface area contributed by atoms with Gasteiger partial charge in [0, 0.05) is 13.1 Å². The van der Waals surface area contributed by atoms with Gasteiger partial charge in [-0.15, -0.1) is 0 Å². The third-order valence-corrected chi connectivity index (χ3v) is 3.41. The van der Waals surface area contributed by atoms with Crippen LogP contribution < -0.4 is 4.74 Å². The van der Waals surface area contributed by atoms with E-state index >= 15 is 0 Å². The monoisotopic (exact) mass is 343 g/mol. The molecule has 1 aromatic rings. The molecule has 112 valence electrons. The molecule has 0 aliphatic carbocycles. The molecule has 0 heterocycles. The van der Waals surface area contributed by atoms with Crippen molar-refractivity contribution >= 4 is 21.8 Å². The zero-order valence-corrected chi connectivity index (χ0v) is 14.0. The first-order chi connectivity index (χ1) is 9.24. The lowest BCUT2D eigenvalue weighted by molar-refractivity contribution is -0.140. The van der Waals surface area contributed by atoms with Crippen molar-refractivity contribution in [2.75, 3.05) is 13.1 Å². The number of halogens is 1. The van der Waals surface area contributed by atoms with Gasteiger partial charge in [-0.3, -0.25) is 4.79 Å². The van der Waals surface area contributed by atoms with Gasteiger partial charge in [-0.25, -0.2) is 0 Å². The Morgan fingerprint density at radius 2 is 2.05 bits per heavy atom. The van der Waals surface area contributed by atoms with E-state index in [0.29, 0.717) is 12.3 Å². The van der Waals surface area contributed by atoms with Crippen molar-refractivity contribution in [3.8, 4) is 5.75 Å². The van der Waals surface area contributed by atoms with Gasteiger partial charge in [-0.1, -0.05) is 12.1 Å². The minimum absolute atomic E-state index is 0.134. The number of likely N-dealkylation sites (N-methyl/N-ethyl adjacent to an activating group) is 1. The predicted molar refractivity (Wildman–Crippen MR) is 82.8 cm³/mol. The molecule has 0 saturated carbocycles. The first kappa shape index (κ1) is 17.0. The fraction of sp³-hybridized carbons (Fsp3) is 0.533. The van der Waals surface area contributed by atoms with Crippen LogP contribution in [0.2, 0.25) is 0 Å². The molecule has 1 atom stereocenters. The van der Waals surface area contributed by atoms with Crippen LogP contribution in [-0.2, 0) is 4.79 Å². The zero-order valence-electron chi connectivity index (χ0n) is 12.4. The summed E-state index contributed by atoms with van der Waals surface area (Å²) < 4.78 is 6.49. The molecule has 4 nitrogen and oxygen atoms in total. The number of carbonyl (C=O) groups is 1. The molecule has 0 radical (unpaired) electrons. The first-order valence-corrected chi connectivity index (χ1v) is 7.46. The van der Waals surface area contributed by atoms with Crippen LogP contribution >= 0.6 is 15.9 Å². The molecule has 0 saturated heterocycles. The Kier molecular flexibility index (Phi) is 6.02. The van der Waals surface area contributed by atoms with Gasteiger partial charge >= 0.3 is 0 Å². The number of benzene rings is 1. The minimum atomic E-state index is -0.918. The number of rotatable bonds is 6. The standard InChI is InChI=1S/C15H22BrNO3/c1-5-17(10-15(3,4)19)14(18)11(2)20-13-9-7-6-8-12(13)16/h6-9,11,19H,5,10H2,1-4H3. The highest BCUT2D eigenvalue weighted by atomic mass is 79.9. The molecule has 1 aromatic carbocycles. The van der Waals surface area contributed by atoms with Gasteiger partial charge in [0.2, 0.25) is 0 Å². The molecule has 1 unspecified atom stereocenters. The largest absolute Gasteiger partial charge is 0.480 e. The molecule has 0 aliphatic heterocycles. The van der Waals surface area contributed by atoms with Gasteiger partial charge in [-0.2, -0.15) is 0 Å². The summed E-state index contributed by atoms with van der Waals surface area (Å²) in [6.07, 6.45) is -0.601. The normalized spacial score (nSPS) is 12.9. The van der Waals surface area contributed by atoms with E-state index in [9.17, 15) is 9.90 Å². The van der Waals surface area contributed by atoms with E-state index in [-0.39, 0.29) is 12.5 Å². The van der Waals surface area contributed by atoms with Crippen LogP contribution in [0.15, 0.2) is 28.7 Å². The highest BCUT2D eigenvalue weighted by Crippen LogP contribution is 2.25. The molecule has 0 spiro atoms. The van der Waals surface area contributed by atoms with Crippen LogP contribution in [0.3, 0.4) is 0 Å². The van der Waals surface area contributed by atoms with Gasteiger partial charge in [-0.05, 0) is 55.8 Å². The van der Waals surface area contributed by atoms with E-state index in [1.807, 2.05) is 25.1 Å². The predicted octanol–water partition coefficient (Wildman–Crippen LogP) is 2.84. The molecule has 1 N–H and O–H groups in total. The van der Waals surface area contributed by atoms with E-state index in [1.165, 1.54) is 0 Å². The maximum absolute atomic E-state index is 12.3. The van der Waals surface area contributed by atoms with Crippen molar-refractivity contribution in [2.45, 2.75) is 39.4 Å². The molecule has 0 aromatic heterocycles.